The van der Waals surface area contributed by atoms with E-state index in [1.165, 1.54) is 0 Å². The van der Waals surface area contributed by atoms with Crippen molar-refractivity contribution in [3.63, 3.8) is 0 Å². The summed E-state index contributed by atoms with van der Waals surface area (Å²) >= 11 is 5.98. The highest BCUT2D eigenvalue weighted by molar-refractivity contribution is 6.30. The highest BCUT2D eigenvalue weighted by Crippen LogP contribution is 2.16. The molecular weight excluding hydrogens is 316 g/mol. The fourth-order valence-corrected chi connectivity index (χ4v) is 2.33. The number of carbonyl (C=O) groups excluding carboxylic acids is 1. The fraction of sp³-hybridized carbons (Fsp3) is 0.438. The topological polar surface area (TPSA) is 80.0 Å². The van der Waals surface area contributed by atoms with Crippen LogP contribution in [0.3, 0.4) is 0 Å². The molecule has 1 aromatic heterocycles. The zero-order chi connectivity index (χ0) is 17.0. The van der Waals surface area contributed by atoms with E-state index in [9.17, 15) is 9.90 Å². The second kappa shape index (κ2) is 7.57. The van der Waals surface area contributed by atoms with Crippen molar-refractivity contribution in [3.8, 4) is 5.69 Å². The average Bonchev–Trinajstić information content (AvgIpc) is 2.88. The van der Waals surface area contributed by atoms with Gasteiger partial charge < -0.3 is 10.4 Å². The fourth-order valence-electron chi connectivity index (χ4n) is 2.14. The lowest BCUT2D eigenvalue weighted by atomic mass is 10.0. The maximum absolute atomic E-state index is 12.2. The van der Waals surface area contributed by atoms with Crippen molar-refractivity contribution in [2.24, 2.45) is 5.92 Å². The zero-order valence-corrected chi connectivity index (χ0v) is 14.2. The van der Waals surface area contributed by atoms with Gasteiger partial charge in [-0.3, -0.25) is 4.79 Å². The number of aromatic nitrogens is 3. The predicted molar refractivity (Wildman–Crippen MR) is 88.9 cm³/mol. The first-order valence-electron chi connectivity index (χ1n) is 7.54. The molecule has 0 aliphatic carbocycles. The Balaban J connectivity index is 2.05. The summed E-state index contributed by atoms with van der Waals surface area (Å²) in [6, 6.07) is 7.18. The lowest BCUT2D eigenvalue weighted by molar-refractivity contribution is 0.0915. The van der Waals surface area contributed by atoms with E-state index in [1.807, 2.05) is 26.0 Å². The molecule has 6 nitrogen and oxygen atoms in total. The molecule has 0 fully saturated rings. The number of amides is 1. The van der Waals surface area contributed by atoms with Gasteiger partial charge in [-0.1, -0.05) is 36.7 Å². The molecule has 2 rings (SSSR count). The second-order valence-corrected chi connectivity index (χ2v) is 6.21. The maximum atomic E-state index is 12.2. The molecule has 23 heavy (non-hydrogen) atoms. The molecule has 0 aliphatic rings. The van der Waals surface area contributed by atoms with Crippen LogP contribution < -0.4 is 5.32 Å². The van der Waals surface area contributed by atoms with Gasteiger partial charge >= 0.3 is 0 Å². The Hall–Kier alpha value is -1.92. The molecule has 2 aromatic rings. The van der Waals surface area contributed by atoms with Crippen molar-refractivity contribution in [1.29, 1.82) is 0 Å². The predicted octanol–water partition coefficient (Wildman–Crippen LogP) is 2.37. The largest absolute Gasteiger partial charge is 0.393 e. The van der Waals surface area contributed by atoms with Gasteiger partial charge in [-0.15, -0.1) is 5.10 Å². The quantitative estimate of drug-likeness (QED) is 0.848. The molecule has 1 atom stereocenters. The summed E-state index contributed by atoms with van der Waals surface area (Å²) in [6.07, 6.45) is 0.0729. The summed E-state index contributed by atoms with van der Waals surface area (Å²) < 4.78 is 1.57. The maximum Gasteiger partial charge on any atom is 0.273 e. The lowest BCUT2D eigenvalue weighted by Gasteiger charge is -2.14. The number of aliphatic hydroxyl groups is 1. The Morgan fingerprint density at radius 1 is 1.43 bits per heavy atom. The minimum absolute atomic E-state index is 0.164. The highest BCUT2D eigenvalue weighted by Gasteiger charge is 2.18. The van der Waals surface area contributed by atoms with Gasteiger partial charge in [0.2, 0.25) is 0 Å². The van der Waals surface area contributed by atoms with Gasteiger partial charge in [0.1, 0.15) is 0 Å². The van der Waals surface area contributed by atoms with Crippen molar-refractivity contribution in [2.45, 2.75) is 33.3 Å². The molecule has 0 saturated heterocycles. The van der Waals surface area contributed by atoms with Crippen LogP contribution in [0.25, 0.3) is 5.69 Å². The molecule has 2 N–H and O–H groups in total. The zero-order valence-electron chi connectivity index (χ0n) is 13.5. The molecule has 1 unspecified atom stereocenters. The summed E-state index contributed by atoms with van der Waals surface area (Å²) in [7, 11) is 0. The molecule has 1 amide bonds. The number of benzene rings is 1. The Morgan fingerprint density at radius 2 is 2.17 bits per heavy atom. The van der Waals surface area contributed by atoms with Crippen LogP contribution in [-0.2, 0) is 0 Å². The number of aliphatic hydroxyl groups excluding tert-OH is 1. The third-order valence-corrected chi connectivity index (χ3v) is 3.89. The van der Waals surface area contributed by atoms with E-state index in [1.54, 1.807) is 23.7 Å². The monoisotopic (exact) mass is 336 g/mol. The smallest absolute Gasteiger partial charge is 0.273 e. The van der Waals surface area contributed by atoms with Gasteiger partial charge in [0.05, 0.1) is 17.5 Å². The van der Waals surface area contributed by atoms with Crippen LogP contribution in [-0.4, -0.2) is 38.7 Å². The van der Waals surface area contributed by atoms with E-state index >= 15 is 0 Å². The summed E-state index contributed by atoms with van der Waals surface area (Å²) in [6.45, 7) is 6.04. The molecule has 0 radical (unpaired) electrons. The molecule has 0 aliphatic heterocycles. The molecule has 124 valence electrons. The van der Waals surface area contributed by atoms with Crippen molar-refractivity contribution >= 4 is 17.5 Å². The van der Waals surface area contributed by atoms with Gasteiger partial charge in [-0.05, 0) is 37.5 Å². The summed E-state index contributed by atoms with van der Waals surface area (Å²) in [5.41, 5.74) is 1.65. The first-order valence-corrected chi connectivity index (χ1v) is 7.92. The molecule has 1 aromatic carbocycles. The first kappa shape index (κ1) is 17.4. The third kappa shape index (κ3) is 4.30. The highest BCUT2D eigenvalue weighted by atomic mass is 35.5. The molecule has 0 bridgehead atoms. The summed E-state index contributed by atoms with van der Waals surface area (Å²) in [5, 5.41) is 21.1. The standard InChI is InChI=1S/C16H21ClN4O2/c1-10(2)14(22)7-8-18-16(23)15-11(3)21(20-19-15)13-6-4-5-12(17)9-13/h4-6,9-10,14,22H,7-8H2,1-3H3,(H,18,23). The number of hydrogen-bond acceptors (Lipinski definition) is 4. The Bertz CT molecular complexity index is 684. The third-order valence-electron chi connectivity index (χ3n) is 3.66. The normalized spacial score (nSPS) is 12.4. The molecule has 0 saturated carbocycles. The number of rotatable bonds is 6. The second-order valence-electron chi connectivity index (χ2n) is 5.77. The van der Waals surface area contributed by atoms with Crippen LogP contribution in [0.15, 0.2) is 24.3 Å². The summed E-state index contributed by atoms with van der Waals surface area (Å²) in [4.78, 5) is 12.2. The van der Waals surface area contributed by atoms with Gasteiger partial charge in [-0.2, -0.15) is 0 Å². The van der Waals surface area contributed by atoms with E-state index in [0.29, 0.717) is 23.7 Å². The average molecular weight is 337 g/mol. The van der Waals surface area contributed by atoms with Gasteiger partial charge in [0.15, 0.2) is 5.69 Å². The Kier molecular flexibility index (Phi) is 5.74. The van der Waals surface area contributed by atoms with Crippen LogP contribution >= 0.6 is 11.6 Å². The van der Waals surface area contributed by atoms with Gasteiger partial charge in [0, 0.05) is 11.6 Å². The molecule has 0 spiro atoms. The molecule has 7 heteroatoms. The lowest BCUT2D eigenvalue weighted by Crippen LogP contribution is -2.29. The van der Waals surface area contributed by atoms with E-state index in [4.69, 9.17) is 11.6 Å². The SMILES string of the molecule is Cc1c(C(=O)NCCC(O)C(C)C)nnn1-c1cccc(Cl)c1. The van der Waals surface area contributed by atoms with E-state index in [-0.39, 0.29) is 17.5 Å². The van der Waals surface area contributed by atoms with E-state index in [2.05, 4.69) is 15.6 Å². The minimum atomic E-state index is -0.432. The van der Waals surface area contributed by atoms with Gasteiger partial charge in [0.25, 0.3) is 5.91 Å². The van der Waals surface area contributed by atoms with Crippen LogP contribution in [0.5, 0.6) is 0 Å². The van der Waals surface area contributed by atoms with Crippen LogP contribution in [0, 0.1) is 12.8 Å². The number of halogens is 1. The Morgan fingerprint density at radius 3 is 2.83 bits per heavy atom. The van der Waals surface area contributed by atoms with Crippen molar-refractivity contribution in [3.05, 3.63) is 40.7 Å². The number of nitrogens with one attached hydrogen (secondary N) is 1. The number of nitrogens with zero attached hydrogens (tertiary/aromatic N) is 3. The number of carbonyl (C=O) groups is 1. The van der Waals surface area contributed by atoms with Crippen LogP contribution in [0.2, 0.25) is 5.02 Å². The van der Waals surface area contributed by atoms with Crippen LogP contribution in [0.4, 0.5) is 0 Å². The van der Waals surface area contributed by atoms with E-state index in [0.717, 1.165) is 5.69 Å². The minimum Gasteiger partial charge on any atom is -0.393 e. The van der Waals surface area contributed by atoms with Crippen molar-refractivity contribution < 1.29 is 9.90 Å². The number of hydrogen-bond donors (Lipinski definition) is 2. The van der Waals surface area contributed by atoms with Crippen molar-refractivity contribution in [2.75, 3.05) is 6.54 Å². The molecule has 1 heterocycles. The molecular formula is C16H21ClN4O2. The van der Waals surface area contributed by atoms with E-state index < -0.39 is 6.10 Å². The Labute approximate surface area is 140 Å². The summed E-state index contributed by atoms with van der Waals surface area (Å²) in [5.74, 6) is -0.135. The van der Waals surface area contributed by atoms with Crippen LogP contribution in [0.1, 0.15) is 36.5 Å². The van der Waals surface area contributed by atoms with Gasteiger partial charge in [-0.25, -0.2) is 4.68 Å². The first-order chi connectivity index (χ1) is 10.9. The van der Waals surface area contributed by atoms with Crippen molar-refractivity contribution in [1.82, 2.24) is 20.3 Å².